The second-order valence-corrected chi connectivity index (χ2v) is 4.54. The van der Waals surface area contributed by atoms with Gasteiger partial charge in [-0.05, 0) is 38.0 Å². The molecule has 0 fully saturated rings. The van der Waals surface area contributed by atoms with Gasteiger partial charge in [0.2, 0.25) is 0 Å². The van der Waals surface area contributed by atoms with Crippen LogP contribution in [0.25, 0.3) is 10.8 Å². The number of hydrogen-bond acceptors (Lipinski definition) is 5. The number of hydrogen-bond donors (Lipinski definition) is 2. The zero-order valence-electron chi connectivity index (χ0n) is 11.8. The Labute approximate surface area is 119 Å². The minimum atomic E-state index is -1.25. The lowest BCUT2D eigenvalue weighted by Crippen LogP contribution is -2.18. The van der Waals surface area contributed by atoms with E-state index in [9.17, 15) is 14.4 Å². The number of rotatable bonds is 3. The van der Waals surface area contributed by atoms with Crippen molar-refractivity contribution in [1.82, 2.24) is 10.2 Å². The molecule has 0 saturated carbocycles. The van der Waals surface area contributed by atoms with Gasteiger partial charge in [0.05, 0.1) is 17.6 Å². The molecule has 7 heteroatoms. The first-order chi connectivity index (χ1) is 9.88. The van der Waals surface area contributed by atoms with E-state index >= 15 is 0 Å². The van der Waals surface area contributed by atoms with Crippen molar-refractivity contribution in [3.63, 3.8) is 0 Å². The molecule has 0 atom stereocenters. The Bertz CT molecular complexity index is 807. The van der Waals surface area contributed by atoms with Crippen LogP contribution in [0.2, 0.25) is 0 Å². The Morgan fingerprint density at radius 1 is 1.38 bits per heavy atom. The van der Waals surface area contributed by atoms with E-state index in [0.717, 1.165) is 0 Å². The third-order valence-electron chi connectivity index (χ3n) is 3.21. The van der Waals surface area contributed by atoms with Gasteiger partial charge in [-0.15, -0.1) is 0 Å². The molecule has 21 heavy (non-hydrogen) atoms. The molecule has 2 rings (SSSR count). The predicted octanol–water partition coefficient (Wildman–Crippen LogP) is 1.41. The fourth-order valence-corrected chi connectivity index (χ4v) is 2.37. The third-order valence-corrected chi connectivity index (χ3v) is 3.21. The number of nitrogens with one attached hydrogen (secondary N) is 1. The second-order valence-electron chi connectivity index (χ2n) is 4.54. The number of carbonyl (C=O) groups is 2. The maximum atomic E-state index is 12.0. The number of nitrogens with zero attached hydrogens (tertiary/aromatic N) is 1. The van der Waals surface area contributed by atoms with Gasteiger partial charge in [0, 0.05) is 5.39 Å². The molecule has 0 amide bonds. The summed E-state index contributed by atoms with van der Waals surface area (Å²) in [5, 5.41) is 15.2. The average Bonchev–Trinajstić information content (AvgIpc) is 2.38. The van der Waals surface area contributed by atoms with Gasteiger partial charge in [-0.3, -0.25) is 4.79 Å². The Morgan fingerprint density at radius 3 is 2.62 bits per heavy atom. The molecule has 0 aliphatic heterocycles. The summed E-state index contributed by atoms with van der Waals surface area (Å²) in [6, 6.07) is 1.47. The van der Waals surface area contributed by atoms with Crippen LogP contribution in [-0.4, -0.2) is 33.8 Å². The van der Waals surface area contributed by atoms with Crippen molar-refractivity contribution < 1.29 is 19.4 Å². The van der Waals surface area contributed by atoms with Gasteiger partial charge < -0.3 is 9.84 Å². The van der Waals surface area contributed by atoms with E-state index < -0.39 is 17.5 Å². The summed E-state index contributed by atoms with van der Waals surface area (Å²) >= 11 is 0. The largest absolute Gasteiger partial charge is 0.476 e. The van der Waals surface area contributed by atoms with Crippen LogP contribution in [-0.2, 0) is 4.74 Å². The van der Waals surface area contributed by atoms with E-state index in [-0.39, 0.29) is 28.6 Å². The van der Waals surface area contributed by atoms with Crippen LogP contribution in [0.3, 0.4) is 0 Å². The minimum Gasteiger partial charge on any atom is -0.476 e. The van der Waals surface area contributed by atoms with Crippen LogP contribution in [0.1, 0.15) is 38.9 Å². The topological polar surface area (TPSA) is 109 Å². The van der Waals surface area contributed by atoms with Crippen molar-refractivity contribution in [1.29, 1.82) is 0 Å². The van der Waals surface area contributed by atoms with Crippen LogP contribution in [0, 0.1) is 13.8 Å². The quantitative estimate of drug-likeness (QED) is 0.827. The van der Waals surface area contributed by atoms with Crippen LogP contribution in [0.4, 0.5) is 0 Å². The van der Waals surface area contributed by atoms with Crippen LogP contribution in [0.5, 0.6) is 0 Å². The first-order valence-corrected chi connectivity index (χ1v) is 6.31. The van der Waals surface area contributed by atoms with Gasteiger partial charge in [0.1, 0.15) is 0 Å². The van der Waals surface area contributed by atoms with E-state index in [4.69, 9.17) is 9.84 Å². The predicted molar refractivity (Wildman–Crippen MR) is 74.8 cm³/mol. The maximum absolute atomic E-state index is 12.0. The zero-order chi connectivity index (χ0) is 15.7. The molecule has 1 heterocycles. The average molecular weight is 290 g/mol. The Hall–Kier alpha value is -2.70. The normalized spacial score (nSPS) is 10.6. The van der Waals surface area contributed by atoms with Gasteiger partial charge in [0.15, 0.2) is 5.69 Å². The van der Waals surface area contributed by atoms with Gasteiger partial charge in [-0.25, -0.2) is 14.7 Å². The molecule has 2 aromatic rings. The first kappa shape index (κ1) is 14.7. The minimum absolute atomic E-state index is 0.135. The van der Waals surface area contributed by atoms with E-state index in [0.29, 0.717) is 11.1 Å². The molecular formula is C14H14N2O5. The van der Waals surface area contributed by atoms with Crippen LogP contribution < -0.4 is 5.56 Å². The number of aromatic carboxylic acids is 1. The van der Waals surface area contributed by atoms with E-state index in [2.05, 4.69) is 10.2 Å². The molecule has 0 radical (unpaired) electrons. The van der Waals surface area contributed by atoms with E-state index in [1.165, 1.54) is 6.07 Å². The number of aromatic nitrogens is 2. The second kappa shape index (κ2) is 5.35. The van der Waals surface area contributed by atoms with Crippen LogP contribution in [0.15, 0.2) is 10.9 Å². The summed E-state index contributed by atoms with van der Waals surface area (Å²) in [4.78, 5) is 35.1. The van der Waals surface area contributed by atoms with Crippen LogP contribution >= 0.6 is 0 Å². The molecule has 0 aliphatic rings. The molecule has 2 N–H and O–H groups in total. The maximum Gasteiger partial charge on any atom is 0.356 e. The highest BCUT2D eigenvalue weighted by atomic mass is 16.5. The van der Waals surface area contributed by atoms with Crippen molar-refractivity contribution >= 4 is 22.7 Å². The molecule has 0 spiro atoms. The highest BCUT2D eigenvalue weighted by Gasteiger charge is 2.21. The SMILES string of the molecule is CCOC(=O)c1c(C)cc2c(C(=O)O)n[nH]c(=O)c2c1C. The first-order valence-electron chi connectivity index (χ1n) is 6.31. The van der Waals surface area contributed by atoms with Gasteiger partial charge in [-0.1, -0.05) is 0 Å². The molecule has 7 nitrogen and oxygen atoms in total. The van der Waals surface area contributed by atoms with E-state index in [1.54, 1.807) is 20.8 Å². The van der Waals surface area contributed by atoms with Crippen molar-refractivity contribution in [2.45, 2.75) is 20.8 Å². The molecule has 0 aliphatic carbocycles. The number of carbonyl (C=O) groups excluding carboxylic acids is 1. The number of aromatic amines is 1. The van der Waals surface area contributed by atoms with Crippen molar-refractivity contribution in [2.24, 2.45) is 0 Å². The molecule has 0 unspecified atom stereocenters. The van der Waals surface area contributed by atoms with E-state index in [1.807, 2.05) is 0 Å². The lowest BCUT2D eigenvalue weighted by molar-refractivity contribution is 0.0524. The molecule has 1 aromatic carbocycles. The van der Waals surface area contributed by atoms with Gasteiger partial charge in [-0.2, -0.15) is 5.10 Å². The number of esters is 1. The Kier molecular flexibility index (Phi) is 3.75. The Morgan fingerprint density at radius 2 is 2.05 bits per heavy atom. The summed E-state index contributed by atoms with van der Waals surface area (Å²) < 4.78 is 4.97. The van der Waals surface area contributed by atoms with Crippen molar-refractivity contribution in [2.75, 3.05) is 6.61 Å². The summed E-state index contributed by atoms with van der Waals surface area (Å²) in [6.45, 7) is 5.14. The Balaban J connectivity index is 2.90. The van der Waals surface area contributed by atoms with Gasteiger partial charge in [0.25, 0.3) is 5.56 Å². The standard InChI is InChI=1S/C14H14N2O5/c1-4-21-14(20)9-6(2)5-8-10(7(9)3)12(17)16-15-11(8)13(18)19/h5H,4H2,1-3H3,(H,16,17)(H,18,19). The number of benzene rings is 1. The highest BCUT2D eigenvalue weighted by molar-refractivity contribution is 6.06. The molecule has 0 bridgehead atoms. The number of carboxylic acids is 1. The summed E-state index contributed by atoms with van der Waals surface area (Å²) in [5.74, 6) is -1.79. The molecule has 0 saturated heterocycles. The lowest BCUT2D eigenvalue weighted by Gasteiger charge is -2.12. The monoisotopic (exact) mass is 290 g/mol. The highest BCUT2D eigenvalue weighted by Crippen LogP contribution is 2.25. The molecule has 1 aromatic heterocycles. The number of aryl methyl sites for hydroxylation is 2. The third kappa shape index (κ3) is 2.37. The van der Waals surface area contributed by atoms with Gasteiger partial charge >= 0.3 is 11.9 Å². The number of ether oxygens (including phenoxy) is 1. The number of fused-ring (bicyclic) bond motifs is 1. The summed E-state index contributed by atoms with van der Waals surface area (Å²) in [5.41, 5.74) is 0.393. The summed E-state index contributed by atoms with van der Waals surface area (Å²) in [7, 11) is 0. The summed E-state index contributed by atoms with van der Waals surface area (Å²) in [6.07, 6.45) is 0. The van der Waals surface area contributed by atoms with Crippen molar-refractivity contribution in [3.8, 4) is 0 Å². The lowest BCUT2D eigenvalue weighted by atomic mass is 9.96. The fourth-order valence-electron chi connectivity index (χ4n) is 2.37. The number of H-pyrrole nitrogens is 1. The molecule has 110 valence electrons. The zero-order valence-corrected chi connectivity index (χ0v) is 11.8. The number of carboxylic acid groups (broad SMARTS) is 1. The smallest absolute Gasteiger partial charge is 0.356 e. The fraction of sp³-hybridized carbons (Fsp3) is 0.286. The van der Waals surface area contributed by atoms with Crippen molar-refractivity contribution in [3.05, 3.63) is 38.8 Å². The molecular weight excluding hydrogens is 276 g/mol.